The number of nitrogens with zero attached hydrogens (tertiary/aromatic N) is 4. The molecule has 242 valence electrons. The van der Waals surface area contributed by atoms with Crippen LogP contribution in [0.5, 0.6) is 5.75 Å². The largest absolute Gasteiger partial charge is 0.508 e. The molecule has 0 spiro atoms. The molecule has 5 aromatic rings. The van der Waals surface area contributed by atoms with E-state index in [1.54, 1.807) is 29.4 Å². The van der Waals surface area contributed by atoms with Crippen molar-refractivity contribution in [2.24, 2.45) is 0 Å². The molecule has 47 heavy (non-hydrogen) atoms. The lowest BCUT2D eigenvalue weighted by atomic mass is 10.0. The fourth-order valence-electron chi connectivity index (χ4n) is 5.70. The zero-order valence-electron chi connectivity index (χ0n) is 26.8. The van der Waals surface area contributed by atoms with Crippen molar-refractivity contribution in [2.75, 3.05) is 31.1 Å². The number of aromatic hydroxyl groups is 1. The van der Waals surface area contributed by atoms with Gasteiger partial charge in [-0.3, -0.25) is 4.79 Å². The van der Waals surface area contributed by atoms with E-state index >= 15 is 0 Å². The molecule has 1 atom stereocenters. The Morgan fingerprint density at radius 1 is 0.979 bits per heavy atom. The molecule has 0 aliphatic carbocycles. The summed E-state index contributed by atoms with van der Waals surface area (Å²) in [5.41, 5.74) is 3.81. The molecule has 3 N–H and O–H groups in total. The van der Waals surface area contributed by atoms with Crippen LogP contribution in [0.1, 0.15) is 54.0 Å². The second kappa shape index (κ2) is 12.7. The van der Waals surface area contributed by atoms with Crippen molar-refractivity contribution in [1.82, 2.24) is 25.2 Å². The molecule has 3 aromatic carbocycles. The normalized spacial score (nSPS) is 14.2. The van der Waals surface area contributed by atoms with Gasteiger partial charge in [-0.05, 0) is 87.2 Å². The van der Waals surface area contributed by atoms with E-state index in [4.69, 9.17) is 4.74 Å². The number of carbonyl (C=O) groups excluding carboxylic acids is 2. The predicted octanol–water partition coefficient (Wildman–Crippen LogP) is 6.35. The van der Waals surface area contributed by atoms with Gasteiger partial charge in [0.15, 0.2) is 5.82 Å². The summed E-state index contributed by atoms with van der Waals surface area (Å²) < 4.78 is 19.9. The topological polar surface area (TPSA) is 124 Å². The van der Waals surface area contributed by atoms with Crippen molar-refractivity contribution < 1.29 is 23.8 Å². The van der Waals surface area contributed by atoms with Crippen molar-refractivity contribution in [1.29, 1.82) is 0 Å². The number of amides is 2. The summed E-state index contributed by atoms with van der Waals surface area (Å²) in [4.78, 5) is 42.5. The molecule has 2 aromatic heterocycles. The average molecular weight is 637 g/mol. The highest BCUT2D eigenvalue weighted by Gasteiger charge is 2.27. The van der Waals surface area contributed by atoms with E-state index < -0.39 is 23.4 Å². The van der Waals surface area contributed by atoms with Gasteiger partial charge in [-0.25, -0.2) is 19.2 Å². The Balaban J connectivity index is 1.20. The Hall–Kier alpha value is -5.45. The summed E-state index contributed by atoms with van der Waals surface area (Å²) in [6, 6.07) is 17.7. The molecule has 0 saturated carbocycles. The number of benzene rings is 3. The van der Waals surface area contributed by atoms with Gasteiger partial charge in [0.1, 0.15) is 17.2 Å². The fourth-order valence-corrected chi connectivity index (χ4v) is 5.70. The summed E-state index contributed by atoms with van der Waals surface area (Å²) in [7, 11) is 0. The standard InChI is InChI=1S/C36H37FN6O4/c1-22-15-24(33-38-20-27(21-39-33)42-11-13-43(14-12-42)35(46)47-36(2,3)4)17-25(16-22)34(45)41-32(28-19-26(37)9-10-31(28)44)30-18-23-7-5-6-8-29(23)40-30/h5-10,15-21,32,40,44H,11-14H2,1-4H3,(H,41,45). The lowest BCUT2D eigenvalue weighted by Gasteiger charge is -2.36. The summed E-state index contributed by atoms with van der Waals surface area (Å²) in [5.74, 6) is -0.632. The number of para-hydroxylation sites is 1. The second-order valence-corrected chi connectivity index (χ2v) is 12.7. The van der Waals surface area contributed by atoms with Crippen LogP contribution in [-0.4, -0.2) is 68.7 Å². The summed E-state index contributed by atoms with van der Waals surface area (Å²) >= 11 is 0. The maximum Gasteiger partial charge on any atom is 0.410 e. The van der Waals surface area contributed by atoms with Crippen LogP contribution in [-0.2, 0) is 4.74 Å². The number of nitrogens with one attached hydrogen (secondary N) is 2. The van der Waals surface area contributed by atoms with E-state index in [1.807, 2.05) is 64.1 Å². The number of hydrogen-bond acceptors (Lipinski definition) is 7. The Morgan fingerprint density at radius 3 is 2.40 bits per heavy atom. The molecule has 0 bridgehead atoms. The van der Waals surface area contributed by atoms with Gasteiger partial charge < -0.3 is 29.9 Å². The number of halogens is 1. The van der Waals surface area contributed by atoms with Crippen LogP contribution < -0.4 is 10.2 Å². The molecule has 0 radical (unpaired) electrons. The third-order valence-corrected chi connectivity index (χ3v) is 7.97. The minimum atomic E-state index is -0.860. The summed E-state index contributed by atoms with van der Waals surface area (Å²) in [6.45, 7) is 9.73. The van der Waals surface area contributed by atoms with Crippen LogP contribution in [0.25, 0.3) is 22.3 Å². The summed E-state index contributed by atoms with van der Waals surface area (Å²) in [6.07, 6.45) is 3.17. The second-order valence-electron chi connectivity index (χ2n) is 12.7. The van der Waals surface area contributed by atoms with Crippen molar-refractivity contribution in [3.05, 3.63) is 107 Å². The summed E-state index contributed by atoms with van der Waals surface area (Å²) in [5, 5.41) is 14.6. The van der Waals surface area contributed by atoms with Gasteiger partial charge >= 0.3 is 6.09 Å². The number of H-pyrrole nitrogens is 1. The van der Waals surface area contributed by atoms with E-state index in [2.05, 4.69) is 25.2 Å². The van der Waals surface area contributed by atoms with Crippen LogP contribution >= 0.6 is 0 Å². The molecule has 10 nitrogen and oxygen atoms in total. The van der Waals surface area contributed by atoms with Gasteiger partial charge in [0.2, 0.25) is 0 Å². The molecule has 6 rings (SSSR count). The Kier molecular flexibility index (Phi) is 8.55. The number of phenolic OH excluding ortho intramolecular Hbond substituents is 1. The SMILES string of the molecule is Cc1cc(C(=O)NC(c2cc3ccccc3[nH]2)c2cc(F)ccc2O)cc(-c2ncc(N3CCN(C(=O)OC(C)(C)C)CC3)cn2)c1. The first-order chi connectivity index (χ1) is 22.4. The van der Waals surface area contributed by atoms with Crippen molar-refractivity contribution in [2.45, 2.75) is 39.3 Å². The van der Waals surface area contributed by atoms with Crippen LogP contribution in [0.15, 0.2) is 79.1 Å². The van der Waals surface area contributed by atoms with E-state index in [-0.39, 0.29) is 17.4 Å². The zero-order chi connectivity index (χ0) is 33.3. The first-order valence-electron chi connectivity index (χ1n) is 15.5. The third kappa shape index (κ3) is 7.19. The first-order valence-corrected chi connectivity index (χ1v) is 15.5. The number of fused-ring (bicyclic) bond motifs is 1. The van der Waals surface area contributed by atoms with Crippen LogP contribution in [0.2, 0.25) is 0 Å². The lowest BCUT2D eigenvalue weighted by Crippen LogP contribution is -2.50. The fraction of sp³-hybridized carbons (Fsp3) is 0.278. The molecule has 11 heteroatoms. The molecular formula is C36H37FN6O4. The highest BCUT2D eigenvalue weighted by Crippen LogP contribution is 2.32. The number of anilines is 1. The average Bonchev–Trinajstić information content (AvgIpc) is 3.48. The number of phenols is 1. The van der Waals surface area contributed by atoms with Crippen molar-refractivity contribution in [3.8, 4) is 17.1 Å². The van der Waals surface area contributed by atoms with Gasteiger partial charge in [-0.15, -0.1) is 0 Å². The van der Waals surface area contributed by atoms with Crippen LogP contribution in [0.4, 0.5) is 14.9 Å². The molecule has 2 amide bonds. The van der Waals surface area contributed by atoms with E-state index in [0.29, 0.717) is 48.8 Å². The molecular weight excluding hydrogens is 599 g/mol. The number of rotatable bonds is 6. The third-order valence-electron chi connectivity index (χ3n) is 7.97. The molecule has 1 aliphatic rings. The van der Waals surface area contributed by atoms with E-state index in [0.717, 1.165) is 22.2 Å². The number of hydrogen-bond donors (Lipinski definition) is 3. The molecule has 1 fully saturated rings. The predicted molar refractivity (Wildman–Crippen MR) is 178 cm³/mol. The molecule has 3 heterocycles. The van der Waals surface area contributed by atoms with Crippen LogP contribution in [0.3, 0.4) is 0 Å². The minimum absolute atomic E-state index is 0.139. The van der Waals surface area contributed by atoms with Crippen LogP contribution in [0, 0.1) is 12.7 Å². The smallest absolute Gasteiger partial charge is 0.410 e. The van der Waals surface area contributed by atoms with Gasteiger partial charge in [-0.1, -0.05) is 18.2 Å². The van der Waals surface area contributed by atoms with E-state index in [9.17, 15) is 19.1 Å². The minimum Gasteiger partial charge on any atom is -0.508 e. The van der Waals surface area contributed by atoms with Gasteiger partial charge in [0.25, 0.3) is 5.91 Å². The number of aromatic nitrogens is 3. The maximum absolute atomic E-state index is 14.4. The first kappa shape index (κ1) is 31.5. The lowest BCUT2D eigenvalue weighted by molar-refractivity contribution is 0.0240. The number of piperazine rings is 1. The van der Waals surface area contributed by atoms with E-state index in [1.165, 1.54) is 18.2 Å². The van der Waals surface area contributed by atoms with Gasteiger partial charge in [0.05, 0.1) is 24.1 Å². The quantitative estimate of drug-likeness (QED) is 0.198. The monoisotopic (exact) mass is 636 g/mol. The Labute approximate surface area is 272 Å². The number of ether oxygens (including phenoxy) is 1. The molecule has 1 unspecified atom stereocenters. The highest BCUT2D eigenvalue weighted by atomic mass is 19.1. The molecule has 1 aliphatic heterocycles. The van der Waals surface area contributed by atoms with Crippen molar-refractivity contribution >= 4 is 28.6 Å². The van der Waals surface area contributed by atoms with Gasteiger partial charge in [-0.2, -0.15) is 0 Å². The number of carbonyl (C=O) groups is 2. The number of aryl methyl sites for hydroxylation is 1. The highest BCUT2D eigenvalue weighted by molar-refractivity contribution is 5.96. The zero-order valence-corrected chi connectivity index (χ0v) is 26.8. The maximum atomic E-state index is 14.4. The Morgan fingerprint density at radius 2 is 1.70 bits per heavy atom. The number of aromatic amines is 1. The molecule has 1 saturated heterocycles. The Bertz CT molecular complexity index is 1890. The van der Waals surface area contributed by atoms with Crippen molar-refractivity contribution in [3.63, 3.8) is 0 Å². The van der Waals surface area contributed by atoms with Gasteiger partial charge in [0, 0.05) is 54.1 Å².